The van der Waals surface area contributed by atoms with Gasteiger partial charge in [0.2, 0.25) is 0 Å². The van der Waals surface area contributed by atoms with Gasteiger partial charge in [-0.2, -0.15) is 0 Å². The summed E-state index contributed by atoms with van der Waals surface area (Å²) in [5.41, 5.74) is 2.46. The van der Waals surface area contributed by atoms with Gasteiger partial charge in [0.15, 0.2) is 9.84 Å². The maximum atomic E-state index is 12.2. The molecule has 4 N–H and O–H groups in total. The van der Waals surface area contributed by atoms with E-state index in [2.05, 4.69) is 0 Å². The third kappa shape index (κ3) is 4.91. The third-order valence-corrected chi connectivity index (χ3v) is 7.27. The predicted octanol–water partition coefficient (Wildman–Crippen LogP) is 0.976. The predicted molar refractivity (Wildman–Crippen MR) is 111 cm³/mol. The molecule has 0 amide bonds. The van der Waals surface area contributed by atoms with Crippen molar-refractivity contribution in [2.24, 2.45) is 0 Å². The number of sulfone groups is 1. The minimum absolute atomic E-state index is 0.119. The maximum absolute atomic E-state index is 12.2. The largest absolute Gasteiger partial charge is 0.394 e. The van der Waals surface area contributed by atoms with E-state index in [9.17, 15) is 28.8 Å². The van der Waals surface area contributed by atoms with Crippen molar-refractivity contribution in [1.82, 2.24) is 0 Å². The first-order chi connectivity index (χ1) is 14.3. The van der Waals surface area contributed by atoms with Crippen molar-refractivity contribution >= 4 is 9.84 Å². The fraction of sp³-hybridized carbons (Fsp3) is 0.455. The number of aliphatic hydroxyl groups excluding tert-OH is 4. The van der Waals surface area contributed by atoms with Gasteiger partial charge in [-0.15, -0.1) is 0 Å². The molecule has 0 radical (unpaired) electrons. The summed E-state index contributed by atoms with van der Waals surface area (Å²) in [6, 6.07) is 14.1. The molecule has 0 spiro atoms. The summed E-state index contributed by atoms with van der Waals surface area (Å²) in [6.07, 6.45) is -4.90. The van der Waals surface area contributed by atoms with E-state index in [-0.39, 0.29) is 5.75 Å². The molecule has 0 saturated carbocycles. The van der Waals surface area contributed by atoms with Crippen molar-refractivity contribution in [2.75, 3.05) is 12.4 Å². The summed E-state index contributed by atoms with van der Waals surface area (Å²) < 4.78 is 29.9. The van der Waals surface area contributed by atoms with Crippen LogP contribution in [-0.2, 0) is 21.0 Å². The first-order valence-electron chi connectivity index (χ1n) is 9.98. The second kappa shape index (κ2) is 9.55. The number of rotatable bonds is 7. The van der Waals surface area contributed by atoms with Crippen molar-refractivity contribution in [3.05, 3.63) is 65.2 Å². The summed E-state index contributed by atoms with van der Waals surface area (Å²) in [5.74, 6) is 0.119. The van der Waals surface area contributed by atoms with Crippen LogP contribution in [0.3, 0.4) is 0 Å². The van der Waals surface area contributed by atoms with Gasteiger partial charge in [-0.1, -0.05) is 43.3 Å². The van der Waals surface area contributed by atoms with Gasteiger partial charge in [0.05, 0.1) is 17.3 Å². The van der Waals surface area contributed by atoms with Crippen LogP contribution < -0.4 is 0 Å². The fourth-order valence-corrected chi connectivity index (χ4v) is 5.02. The number of ether oxygens (including phenoxy) is 1. The lowest BCUT2D eigenvalue weighted by Crippen LogP contribution is -2.55. The molecule has 2 aromatic carbocycles. The van der Waals surface area contributed by atoms with E-state index in [0.717, 1.165) is 11.1 Å². The van der Waals surface area contributed by atoms with Gasteiger partial charge in [-0.05, 0) is 41.7 Å². The lowest BCUT2D eigenvalue weighted by atomic mass is 9.90. The van der Waals surface area contributed by atoms with Gasteiger partial charge in [0.1, 0.15) is 30.5 Å². The minimum atomic E-state index is -3.25. The smallest absolute Gasteiger partial charge is 0.178 e. The van der Waals surface area contributed by atoms with E-state index >= 15 is 0 Å². The van der Waals surface area contributed by atoms with Crippen LogP contribution in [0, 0.1) is 0 Å². The normalized spacial score (nSPS) is 27.2. The summed E-state index contributed by atoms with van der Waals surface area (Å²) in [6.45, 7) is 1.35. The first-order valence-corrected chi connectivity index (χ1v) is 11.6. The van der Waals surface area contributed by atoms with E-state index < -0.39 is 47.0 Å². The molecule has 3 rings (SSSR count). The molecule has 7 nitrogen and oxygen atoms in total. The summed E-state index contributed by atoms with van der Waals surface area (Å²) >= 11 is 0. The van der Waals surface area contributed by atoms with Crippen molar-refractivity contribution in [2.45, 2.75) is 55.2 Å². The van der Waals surface area contributed by atoms with Gasteiger partial charge in [-0.3, -0.25) is 0 Å². The lowest BCUT2D eigenvalue weighted by molar-refractivity contribution is -0.231. The van der Waals surface area contributed by atoms with Gasteiger partial charge in [-0.25, -0.2) is 8.42 Å². The van der Waals surface area contributed by atoms with Crippen molar-refractivity contribution in [1.29, 1.82) is 0 Å². The molecule has 30 heavy (non-hydrogen) atoms. The number of aliphatic hydroxyl groups is 4. The Kier molecular flexibility index (Phi) is 7.28. The highest BCUT2D eigenvalue weighted by atomic mass is 32.2. The molecule has 8 heteroatoms. The molecule has 1 aliphatic heterocycles. The SMILES string of the molecule is CCCS(=O)(=O)c1ccc(Cc2cccc([C@@H]3O[C@H](CO)[C@@H](O)[C@H](O)[C@H]3O)c2)cc1. The Morgan fingerprint density at radius 1 is 0.933 bits per heavy atom. The van der Waals surface area contributed by atoms with Crippen LogP contribution >= 0.6 is 0 Å². The van der Waals surface area contributed by atoms with Crippen molar-refractivity contribution in [3.63, 3.8) is 0 Å². The summed E-state index contributed by atoms with van der Waals surface area (Å²) in [7, 11) is -3.25. The zero-order valence-corrected chi connectivity index (χ0v) is 17.6. The Morgan fingerprint density at radius 3 is 2.27 bits per heavy atom. The monoisotopic (exact) mass is 436 g/mol. The van der Waals surface area contributed by atoms with Crippen LogP contribution in [0.4, 0.5) is 0 Å². The third-order valence-electron chi connectivity index (χ3n) is 5.34. The quantitative estimate of drug-likeness (QED) is 0.510. The Bertz CT molecular complexity index is 940. The van der Waals surface area contributed by atoms with Crippen LogP contribution in [0.15, 0.2) is 53.4 Å². The topological polar surface area (TPSA) is 124 Å². The Morgan fingerprint density at radius 2 is 1.63 bits per heavy atom. The average molecular weight is 437 g/mol. The molecule has 0 aliphatic carbocycles. The zero-order valence-electron chi connectivity index (χ0n) is 16.8. The van der Waals surface area contributed by atoms with Crippen molar-refractivity contribution < 1.29 is 33.6 Å². The zero-order chi connectivity index (χ0) is 21.9. The molecule has 2 aromatic rings. The highest BCUT2D eigenvalue weighted by molar-refractivity contribution is 7.91. The van der Waals surface area contributed by atoms with Crippen LogP contribution in [0.25, 0.3) is 0 Å². The second-order valence-corrected chi connectivity index (χ2v) is 9.74. The molecular weight excluding hydrogens is 408 g/mol. The molecule has 0 bridgehead atoms. The molecule has 1 aliphatic rings. The second-order valence-electron chi connectivity index (χ2n) is 7.63. The molecule has 1 saturated heterocycles. The molecule has 1 heterocycles. The van der Waals surface area contributed by atoms with Crippen molar-refractivity contribution in [3.8, 4) is 0 Å². The fourth-order valence-electron chi connectivity index (χ4n) is 3.69. The number of hydrogen-bond donors (Lipinski definition) is 4. The van der Waals surface area contributed by atoms with Gasteiger partial charge in [0.25, 0.3) is 0 Å². The van der Waals surface area contributed by atoms with Gasteiger partial charge < -0.3 is 25.2 Å². The molecule has 5 atom stereocenters. The number of benzene rings is 2. The minimum Gasteiger partial charge on any atom is -0.394 e. The Balaban J connectivity index is 1.77. The highest BCUT2D eigenvalue weighted by Gasteiger charge is 2.43. The molecule has 0 unspecified atom stereocenters. The van der Waals surface area contributed by atoms with E-state index in [1.54, 1.807) is 36.4 Å². The maximum Gasteiger partial charge on any atom is 0.178 e. The van der Waals surface area contributed by atoms with Crippen LogP contribution in [0.5, 0.6) is 0 Å². The number of hydrogen-bond acceptors (Lipinski definition) is 7. The van der Waals surface area contributed by atoms with E-state index in [0.29, 0.717) is 23.3 Å². The molecule has 164 valence electrons. The lowest BCUT2D eigenvalue weighted by Gasteiger charge is -2.40. The van der Waals surface area contributed by atoms with E-state index in [1.165, 1.54) is 0 Å². The van der Waals surface area contributed by atoms with Gasteiger partial charge in [0, 0.05) is 0 Å². The van der Waals surface area contributed by atoms with Crippen LogP contribution in [0.2, 0.25) is 0 Å². The highest BCUT2D eigenvalue weighted by Crippen LogP contribution is 2.33. The standard InChI is InChI=1S/C22H28O7S/c1-2-10-30(27,28)17-8-6-14(7-9-17)11-15-4-3-5-16(12-15)22-21(26)20(25)19(24)18(13-23)29-22/h3-9,12,18-26H,2,10-11,13H2,1H3/t18-,19-,20+,21-,22+/m1/s1. The summed E-state index contributed by atoms with van der Waals surface area (Å²) in [5, 5.41) is 39.7. The Hall–Kier alpha value is -1.81. The van der Waals surface area contributed by atoms with Crippen LogP contribution in [-0.4, -0.2) is 65.6 Å². The molecule has 1 fully saturated rings. The van der Waals surface area contributed by atoms with E-state index in [4.69, 9.17) is 4.74 Å². The average Bonchev–Trinajstić information content (AvgIpc) is 2.73. The first kappa shape index (κ1) is 22.9. The summed E-state index contributed by atoms with van der Waals surface area (Å²) in [4.78, 5) is 0.308. The van der Waals surface area contributed by atoms with E-state index in [1.807, 2.05) is 19.1 Å². The molecule has 0 aromatic heterocycles. The van der Waals surface area contributed by atoms with Gasteiger partial charge >= 0.3 is 0 Å². The Labute approximate surface area is 176 Å². The van der Waals surface area contributed by atoms with Crippen LogP contribution in [0.1, 0.15) is 36.1 Å². The molecular formula is C22H28O7S.